The van der Waals surface area contributed by atoms with Gasteiger partial charge in [0.2, 0.25) is 0 Å². The largest absolute Gasteiger partial charge is 0.386 e. The van der Waals surface area contributed by atoms with Gasteiger partial charge in [0, 0.05) is 0 Å². The second kappa shape index (κ2) is 7.21. The van der Waals surface area contributed by atoms with Crippen molar-refractivity contribution in [2.24, 2.45) is 0 Å². The van der Waals surface area contributed by atoms with E-state index in [1.165, 1.54) is 0 Å². The highest BCUT2D eigenvalue weighted by atomic mass is 32.2. The van der Waals surface area contributed by atoms with Gasteiger partial charge >= 0.3 is 11.9 Å². The van der Waals surface area contributed by atoms with Crippen molar-refractivity contribution in [2.75, 3.05) is 0 Å². The summed E-state index contributed by atoms with van der Waals surface area (Å²) in [6.45, 7) is 0. The fourth-order valence-corrected chi connectivity index (χ4v) is 2.66. The molecule has 26 heavy (non-hydrogen) atoms. The van der Waals surface area contributed by atoms with Crippen molar-refractivity contribution in [1.29, 1.82) is 0 Å². The highest BCUT2D eigenvalue weighted by Crippen LogP contribution is 2.13. The summed E-state index contributed by atoms with van der Waals surface area (Å²) >= 11 is 0. The van der Waals surface area contributed by atoms with Gasteiger partial charge in [-0.1, -0.05) is 0 Å². The lowest BCUT2D eigenvalue weighted by Gasteiger charge is -2.04. The van der Waals surface area contributed by atoms with Crippen LogP contribution in [-0.2, 0) is 30.0 Å². The molecule has 0 saturated carbocycles. The predicted octanol–water partition coefficient (Wildman–Crippen LogP) is 1.11. The standard InChI is InChI=1S/C14H10O10S2/c15-13(9-1-5-11(6-2-9)25(17,18)19)23-24-14(16)10-3-7-12(8-4-10)26(20,21)22/h1-8H,(H,17,18,19)(H,20,21,22). The summed E-state index contributed by atoms with van der Waals surface area (Å²) in [4.78, 5) is 31.1. The molecule has 0 atom stereocenters. The van der Waals surface area contributed by atoms with Gasteiger partial charge < -0.3 is 0 Å². The van der Waals surface area contributed by atoms with Crippen LogP contribution >= 0.6 is 0 Å². The van der Waals surface area contributed by atoms with Gasteiger partial charge in [0.15, 0.2) is 0 Å². The van der Waals surface area contributed by atoms with Crippen LogP contribution in [0.2, 0.25) is 0 Å². The Morgan fingerprint density at radius 1 is 0.615 bits per heavy atom. The Morgan fingerprint density at radius 3 is 1.12 bits per heavy atom. The maximum absolute atomic E-state index is 11.7. The topological polar surface area (TPSA) is 161 Å². The first-order valence-electron chi connectivity index (χ1n) is 6.57. The normalized spacial score (nSPS) is 11.6. The molecule has 0 fully saturated rings. The average Bonchev–Trinajstić information content (AvgIpc) is 2.58. The summed E-state index contributed by atoms with van der Waals surface area (Å²) in [6, 6.07) is 7.90. The Balaban J connectivity index is 2.01. The molecular weight excluding hydrogens is 392 g/mol. The van der Waals surface area contributed by atoms with Gasteiger partial charge in [0.1, 0.15) is 0 Å². The molecule has 0 saturated heterocycles. The zero-order valence-corrected chi connectivity index (χ0v) is 14.2. The molecule has 0 aliphatic rings. The van der Waals surface area contributed by atoms with E-state index in [0.29, 0.717) is 0 Å². The molecule has 2 aromatic rings. The second-order valence-electron chi connectivity index (χ2n) is 4.74. The smallest absolute Gasteiger partial charge is 0.282 e. The Morgan fingerprint density at radius 2 is 0.885 bits per heavy atom. The molecule has 0 unspecified atom stereocenters. The molecule has 0 radical (unpaired) electrons. The highest BCUT2D eigenvalue weighted by molar-refractivity contribution is 7.86. The molecule has 0 spiro atoms. The molecule has 0 amide bonds. The van der Waals surface area contributed by atoms with Crippen molar-refractivity contribution >= 4 is 32.2 Å². The third kappa shape index (κ3) is 4.86. The maximum atomic E-state index is 11.7. The monoisotopic (exact) mass is 402 g/mol. The van der Waals surface area contributed by atoms with Crippen molar-refractivity contribution in [3.05, 3.63) is 59.7 Å². The van der Waals surface area contributed by atoms with E-state index in [9.17, 15) is 26.4 Å². The molecular formula is C14H10O10S2. The van der Waals surface area contributed by atoms with Crippen LogP contribution in [-0.4, -0.2) is 37.9 Å². The minimum absolute atomic E-state index is 0.160. The van der Waals surface area contributed by atoms with Crippen LogP contribution in [0.4, 0.5) is 0 Å². The van der Waals surface area contributed by atoms with Crippen LogP contribution in [0.25, 0.3) is 0 Å². The van der Waals surface area contributed by atoms with Gasteiger partial charge in [-0.05, 0) is 48.5 Å². The van der Waals surface area contributed by atoms with Crippen LogP contribution < -0.4 is 0 Å². The number of carbonyl (C=O) groups excluding carboxylic acids is 2. The number of hydrogen-bond donors (Lipinski definition) is 2. The molecule has 0 aliphatic carbocycles. The molecule has 0 aliphatic heterocycles. The van der Waals surface area contributed by atoms with E-state index < -0.39 is 42.0 Å². The molecule has 138 valence electrons. The number of hydrogen-bond acceptors (Lipinski definition) is 8. The summed E-state index contributed by atoms with van der Waals surface area (Å²) < 4.78 is 61.2. The van der Waals surface area contributed by atoms with Gasteiger partial charge in [-0.15, -0.1) is 0 Å². The van der Waals surface area contributed by atoms with Crippen LogP contribution in [0.1, 0.15) is 20.7 Å². The minimum atomic E-state index is -4.42. The summed E-state index contributed by atoms with van der Waals surface area (Å²) in [5.41, 5.74) is -0.321. The molecule has 12 heteroatoms. The van der Waals surface area contributed by atoms with Crippen LogP contribution in [0, 0.1) is 0 Å². The first-order valence-corrected chi connectivity index (χ1v) is 9.45. The number of rotatable bonds is 4. The summed E-state index contributed by atoms with van der Waals surface area (Å²) in [5, 5.41) is 0. The minimum Gasteiger partial charge on any atom is -0.282 e. The van der Waals surface area contributed by atoms with E-state index in [-0.39, 0.29) is 11.1 Å². The lowest BCUT2D eigenvalue weighted by Crippen LogP contribution is -2.12. The van der Waals surface area contributed by atoms with Crippen LogP contribution in [0.5, 0.6) is 0 Å². The van der Waals surface area contributed by atoms with E-state index in [2.05, 4.69) is 9.78 Å². The maximum Gasteiger partial charge on any atom is 0.386 e. The molecule has 10 nitrogen and oxygen atoms in total. The quantitative estimate of drug-likeness (QED) is 0.430. The lowest BCUT2D eigenvalue weighted by atomic mass is 10.2. The van der Waals surface area contributed by atoms with E-state index in [4.69, 9.17) is 9.11 Å². The van der Waals surface area contributed by atoms with E-state index in [0.717, 1.165) is 48.5 Å². The highest BCUT2D eigenvalue weighted by Gasteiger charge is 2.17. The van der Waals surface area contributed by atoms with Gasteiger partial charge in [0.05, 0.1) is 20.9 Å². The van der Waals surface area contributed by atoms with Crippen molar-refractivity contribution in [3.8, 4) is 0 Å². The molecule has 2 N–H and O–H groups in total. The summed E-state index contributed by atoms with van der Waals surface area (Å²) in [5.74, 6) is -2.23. The average molecular weight is 402 g/mol. The fraction of sp³-hybridized carbons (Fsp3) is 0. The van der Waals surface area contributed by atoms with Crippen LogP contribution in [0.3, 0.4) is 0 Å². The Bertz CT molecular complexity index is 948. The first-order chi connectivity index (χ1) is 12.0. The number of benzene rings is 2. The SMILES string of the molecule is O=C(OOC(=O)c1ccc(S(=O)(=O)O)cc1)c1ccc(S(=O)(=O)O)cc1. The van der Waals surface area contributed by atoms with Gasteiger partial charge in [0.25, 0.3) is 20.2 Å². The summed E-state index contributed by atoms with van der Waals surface area (Å²) in [6.07, 6.45) is 0. The van der Waals surface area contributed by atoms with Gasteiger partial charge in [-0.2, -0.15) is 16.8 Å². The van der Waals surface area contributed by atoms with Crippen molar-refractivity contribution in [2.45, 2.75) is 9.79 Å². The van der Waals surface area contributed by atoms with Crippen molar-refractivity contribution in [1.82, 2.24) is 0 Å². The number of carbonyl (C=O) groups is 2. The predicted molar refractivity (Wildman–Crippen MR) is 83.3 cm³/mol. The summed E-state index contributed by atoms with van der Waals surface area (Å²) in [7, 11) is -8.84. The third-order valence-electron chi connectivity index (χ3n) is 2.97. The molecule has 0 heterocycles. The van der Waals surface area contributed by atoms with E-state index >= 15 is 0 Å². The first kappa shape index (κ1) is 19.5. The van der Waals surface area contributed by atoms with Gasteiger partial charge in [-0.3, -0.25) is 9.11 Å². The van der Waals surface area contributed by atoms with Gasteiger partial charge in [-0.25, -0.2) is 19.4 Å². The van der Waals surface area contributed by atoms with E-state index in [1.54, 1.807) is 0 Å². The zero-order chi connectivity index (χ0) is 19.5. The van der Waals surface area contributed by atoms with Crippen molar-refractivity contribution < 1.29 is 45.3 Å². The second-order valence-corrected chi connectivity index (χ2v) is 7.58. The molecule has 0 aromatic heterocycles. The molecule has 2 aromatic carbocycles. The Kier molecular flexibility index (Phi) is 5.41. The van der Waals surface area contributed by atoms with Crippen molar-refractivity contribution in [3.63, 3.8) is 0 Å². The molecule has 2 rings (SSSR count). The lowest BCUT2D eigenvalue weighted by molar-refractivity contribution is -0.187. The Hall–Kier alpha value is -2.80. The fourth-order valence-electron chi connectivity index (χ4n) is 1.70. The zero-order valence-electron chi connectivity index (χ0n) is 12.6. The third-order valence-corrected chi connectivity index (χ3v) is 4.70. The van der Waals surface area contributed by atoms with Crippen LogP contribution in [0.15, 0.2) is 58.3 Å². The van der Waals surface area contributed by atoms with E-state index in [1.807, 2.05) is 0 Å². The molecule has 0 bridgehead atoms. The Labute approximate surface area is 147 Å².